The van der Waals surface area contributed by atoms with Gasteiger partial charge in [0.25, 0.3) is 5.91 Å². The number of carboxylic acids is 1. The molecule has 7 heteroatoms. The standard InChI is InChI=1S/C25H33N3O3S/c1-5-16(4)12-21(25(30)31)27-24(29)18-8-9-22-20(14-18)26-23(13-17-10-11-32-15-17)28(22)19(6-2)7-3/h8-11,14-16,19,21H,5-7,12-13H2,1-4H3,(H,27,29)(H,30,31)/t16?,21-/m0/s1. The van der Waals surface area contributed by atoms with Crippen LogP contribution in [0.5, 0.6) is 0 Å². The molecule has 6 nitrogen and oxygen atoms in total. The summed E-state index contributed by atoms with van der Waals surface area (Å²) in [6, 6.07) is 7.04. The van der Waals surface area contributed by atoms with E-state index in [1.807, 2.05) is 19.9 Å². The fourth-order valence-corrected chi connectivity index (χ4v) is 4.75. The Kier molecular flexibility index (Phi) is 8.07. The first-order valence-corrected chi connectivity index (χ1v) is 12.4. The van der Waals surface area contributed by atoms with Crippen LogP contribution in [-0.4, -0.2) is 32.6 Å². The highest BCUT2D eigenvalue weighted by Crippen LogP contribution is 2.28. The molecule has 1 amide bonds. The first-order chi connectivity index (χ1) is 15.4. The predicted octanol–water partition coefficient (Wildman–Crippen LogP) is 5.67. The predicted molar refractivity (Wildman–Crippen MR) is 129 cm³/mol. The second-order valence-corrected chi connectivity index (χ2v) is 9.27. The molecule has 0 aliphatic carbocycles. The minimum Gasteiger partial charge on any atom is -0.480 e. The molecule has 2 N–H and O–H groups in total. The second kappa shape index (κ2) is 10.8. The van der Waals surface area contributed by atoms with Gasteiger partial charge in [-0.05, 0) is 65.8 Å². The number of hydrogen-bond donors (Lipinski definition) is 2. The van der Waals surface area contributed by atoms with E-state index in [2.05, 4.69) is 40.6 Å². The summed E-state index contributed by atoms with van der Waals surface area (Å²) in [7, 11) is 0. The average Bonchev–Trinajstić information content (AvgIpc) is 3.41. The Morgan fingerprint density at radius 1 is 1.16 bits per heavy atom. The third-order valence-corrected chi connectivity index (χ3v) is 6.95. The topological polar surface area (TPSA) is 84.2 Å². The van der Waals surface area contributed by atoms with Gasteiger partial charge >= 0.3 is 5.97 Å². The number of fused-ring (bicyclic) bond motifs is 1. The van der Waals surface area contributed by atoms with Crippen molar-refractivity contribution >= 4 is 34.2 Å². The van der Waals surface area contributed by atoms with Gasteiger partial charge in [-0.15, -0.1) is 0 Å². The number of thiophene rings is 1. The van der Waals surface area contributed by atoms with E-state index in [1.165, 1.54) is 5.56 Å². The maximum Gasteiger partial charge on any atom is 0.326 e. The van der Waals surface area contributed by atoms with E-state index in [4.69, 9.17) is 4.98 Å². The van der Waals surface area contributed by atoms with Crippen molar-refractivity contribution < 1.29 is 14.7 Å². The van der Waals surface area contributed by atoms with Crippen molar-refractivity contribution in [3.8, 4) is 0 Å². The highest BCUT2D eigenvalue weighted by molar-refractivity contribution is 7.07. The van der Waals surface area contributed by atoms with Crippen LogP contribution >= 0.6 is 11.3 Å². The summed E-state index contributed by atoms with van der Waals surface area (Å²) in [5.41, 5.74) is 3.44. The van der Waals surface area contributed by atoms with Crippen LogP contribution in [0.15, 0.2) is 35.0 Å². The van der Waals surface area contributed by atoms with Crippen LogP contribution in [0, 0.1) is 5.92 Å². The van der Waals surface area contributed by atoms with Gasteiger partial charge in [-0.3, -0.25) is 4.79 Å². The number of imidazole rings is 1. The average molecular weight is 456 g/mol. The molecule has 0 saturated carbocycles. The number of amides is 1. The molecule has 0 aliphatic heterocycles. The van der Waals surface area contributed by atoms with Gasteiger partial charge in [0, 0.05) is 18.0 Å². The number of carboxylic acid groups (broad SMARTS) is 1. The molecular formula is C25H33N3O3S. The third-order valence-electron chi connectivity index (χ3n) is 6.21. The minimum atomic E-state index is -1.00. The van der Waals surface area contributed by atoms with E-state index >= 15 is 0 Å². The van der Waals surface area contributed by atoms with Gasteiger partial charge in [-0.2, -0.15) is 11.3 Å². The van der Waals surface area contributed by atoms with Crippen LogP contribution < -0.4 is 5.32 Å². The Bertz CT molecular complexity index is 1050. The number of aliphatic carboxylic acids is 1. The van der Waals surface area contributed by atoms with E-state index in [9.17, 15) is 14.7 Å². The van der Waals surface area contributed by atoms with E-state index in [0.29, 0.717) is 18.0 Å². The number of nitrogens with zero attached hydrogens (tertiary/aromatic N) is 2. The molecule has 1 aromatic carbocycles. The van der Waals surface area contributed by atoms with E-state index < -0.39 is 12.0 Å². The lowest BCUT2D eigenvalue weighted by Crippen LogP contribution is -2.41. The van der Waals surface area contributed by atoms with Crippen molar-refractivity contribution in [2.75, 3.05) is 0 Å². The molecule has 172 valence electrons. The molecule has 0 aliphatic rings. The molecule has 2 aromatic heterocycles. The Hall–Kier alpha value is -2.67. The van der Waals surface area contributed by atoms with Gasteiger partial charge < -0.3 is 15.0 Å². The van der Waals surface area contributed by atoms with Gasteiger partial charge in [0.05, 0.1) is 11.0 Å². The van der Waals surface area contributed by atoms with Crippen LogP contribution in [0.2, 0.25) is 0 Å². The SMILES string of the molecule is CCC(C)C[C@H](NC(=O)c1ccc2c(c1)nc(Cc1ccsc1)n2C(CC)CC)C(=O)O. The van der Waals surface area contributed by atoms with Crippen LogP contribution in [0.3, 0.4) is 0 Å². The zero-order chi connectivity index (χ0) is 23.3. The molecular weight excluding hydrogens is 422 g/mol. The number of rotatable bonds is 11. The number of benzene rings is 1. The van der Waals surface area contributed by atoms with E-state index in [-0.39, 0.29) is 11.8 Å². The summed E-state index contributed by atoms with van der Waals surface area (Å²) in [6.45, 7) is 8.37. The Morgan fingerprint density at radius 2 is 1.91 bits per heavy atom. The quantitative estimate of drug-likeness (QED) is 0.390. The summed E-state index contributed by atoms with van der Waals surface area (Å²) >= 11 is 1.67. The molecule has 3 aromatic rings. The summed E-state index contributed by atoms with van der Waals surface area (Å²) in [5.74, 6) is -0.172. The Morgan fingerprint density at radius 3 is 2.50 bits per heavy atom. The number of nitrogens with one attached hydrogen (secondary N) is 1. The lowest BCUT2D eigenvalue weighted by molar-refractivity contribution is -0.139. The molecule has 0 saturated heterocycles. The van der Waals surface area contributed by atoms with Crippen LogP contribution in [0.1, 0.15) is 81.2 Å². The number of aromatic nitrogens is 2. The zero-order valence-electron chi connectivity index (χ0n) is 19.3. The van der Waals surface area contributed by atoms with Gasteiger partial charge in [-0.25, -0.2) is 9.78 Å². The zero-order valence-corrected chi connectivity index (χ0v) is 20.1. The molecule has 3 rings (SSSR count). The van der Waals surface area contributed by atoms with Gasteiger partial charge in [0.1, 0.15) is 11.9 Å². The van der Waals surface area contributed by atoms with Crippen LogP contribution in [0.25, 0.3) is 11.0 Å². The van der Waals surface area contributed by atoms with Crippen molar-refractivity contribution in [3.05, 3.63) is 52.0 Å². The lowest BCUT2D eigenvalue weighted by Gasteiger charge is -2.19. The smallest absolute Gasteiger partial charge is 0.326 e. The van der Waals surface area contributed by atoms with E-state index in [1.54, 1.807) is 23.5 Å². The fraction of sp³-hybridized carbons (Fsp3) is 0.480. The van der Waals surface area contributed by atoms with E-state index in [0.717, 1.165) is 42.5 Å². The number of hydrogen-bond acceptors (Lipinski definition) is 4. The molecule has 32 heavy (non-hydrogen) atoms. The van der Waals surface area contributed by atoms with Gasteiger partial charge in [0.2, 0.25) is 0 Å². The molecule has 0 radical (unpaired) electrons. The number of carbonyl (C=O) groups is 2. The minimum absolute atomic E-state index is 0.217. The van der Waals surface area contributed by atoms with Crippen LogP contribution in [0.4, 0.5) is 0 Å². The summed E-state index contributed by atoms with van der Waals surface area (Å²) in [5, 5.41) is 16.4. The highest BCUT2D eigenvalue weighted by Gasteiger charge is 2.24. The Balaban J connectivity index is 1.93. The second-order valence-electron chi connectivity index (χ2n) is 8.49. The maximum absolute atomic E-state index is 12.9. The molecule has 0 bridgehead atoms. The first-order valence-electron chi connectivity index (χ1n) is 11.4. The summed E-state index contributed by atoms with van der Waals surface area (Å²) in [4.78, 5) is 29.4. The third kappa shape index (κ3) is 5.38. The summed E-state index contributed by atoms with van der Waals surface area (Å²) in [6.07, 6.45) is 4.01. The van der Waals surface area contributed by atoms with Gasteiger partial charge in [0.15, 0.2) is 0 Å². The molecule has 2 heterocycles. The van der Waals surface area contributed by atoms with Crippen molar-refractivity contribution in [3.63, 3.8) is 0 Å². The largest absolute Gasteiger partial charge is 0.480 e. The fourth-order valence-electron chi connectivity index (χ4n) is 4.08. The molecule has 1 unspecified atom stereocenters. The normalized spacial score (nSPS) is 13.4. The Labute approximate surface area is 193 Å². The van der Waals surface area contributed by atoms with Crippen molar-refractivity contribution in [2.45, 2.75) is 71.9 Å². The van der Waals surface area contributed by atoms with Gasteiger partial charge in [-0.1, -0.05) is 34.1 Å². The molecule has 0 fully saturated rings. The molecule has 2 atom stereocenters. The monoisotopic (exact) mass is 455 g/mol. The highest BCUT2D eigenvalue weighted by atomic mass is 32.1. The van der Waals surface area contributed by atoms with Crippen molar-refractivity contribution in [1.29, 1.82) is 0 Å². The van der Waals surface area contributed by atoms with Crippen molar-refractivity contribution in [2.24, 2.45) is 5.92 Å². The van der Waals surface area contributed by atoms with Crippen LogP contribution in [-0.2, 0) is 11.2 Å². The van der Waals surface area contributed by atoms with Crippen molar-refractivity contribution in [1.82, 2.24) is 14.9 Å². The first kappa shape index (κ1) is 24.0. The molecule has 0 spiro atoms. The number of carbonyl (C=O) groups excluding carboxylic acids is 1. The summed E-state index contributed by atoms with van der Waals surface area (Å²) < 4.78 is 2.30. The lowest BCUT2D eigenvalue weighted by atomic mass is 9.99. The maximum atomic E-state index is 12.9.